The van der Waals surface area contributed by atoms with Crippen LogP contribution < -0.4 is 10.6 Å². The van der Waals surface area contributed by atoms with E-state index in [9.17, 15) is 4.79 Å². The number of piperidine rings is 1. The second kappa shape index (κ2) is 6.98. The first-order valence-electron chi connectivity index (χ1n) is 7.60. The quantitative estimate of drug-likeness (QED) is 0.909. The van der Waals surface area contributed by atoms with E-state index in [1.165, 1.54) is 22.5 Å². The third-order valence-corrected chi connectivity index (χ3v) is 4.68. The fourth-order valence-electron chi connectivity index (χ4n) is 2.54. The molecule has 1 atom stereocenters. The van der Waals surface area contributed by atoms with Crippen LogP contribution in [-0.2, 0) is 11.2 Å². The Balaban J connectivity index is 1.58. The van der Waals surface area contributed by atoms with Crippen molar-refractivity contribution in [2.45, 2.75) is 26.2 Å². The van der Waals surface area contributed by atoms with Gasteiger partial charge in [-0.05, 0) is 31.9 Å². The van der Waals surface area contributed by atoms with Gasteiger partial charge in [0.15, 0.2) is 0 Å². The summed E-state index contributed by atoms with van der Waals surface area (Å²) >= 11 is 1.45. The zero-order valence-corrected chi connectivity index (χ0v) is 13.4. The molecule has 0 saturated carbocycles. The Bertz CT molecular complexity index is 632. The molecule has 1 saturated heterocycles. The summed E-state index contributed by atoms with van der Waals surface area (Å²) in [6, 6.07) is 8.38. The molecule has 1 unspecified atom stereocenters. The molecule has 0 spiro atoms. The van der Waals surface area contributed by atoms with Gasteiger partial charge >= 0.3 is 0 Å². The van der Waals surface area contributed by atoms with Crippen molar-refractivity contribution in [1.29, 1.82) is 0 Å². The van der Waals surface area contributed by atoms with Gasteiger partial charge in [-0.3, -0.25) is 4.79 Å². The smallest absolute Gasteiger partial charge is 0.230 e. The van der Waals surface area contributed by atoms with Crippen LogP contribution in [0.1, 0.15) is 29.0 Å². The molecule has 22 heavy (non-hydrogen) atoms. The number of aryl methyl sites for hydroxylation is 1. The van der Waals surface area contributed by atoms with E-state index in [2.05, 4.69) is 52.0 Å². The van der Waals surface area contributed by atoms with Crippen molar-refractivity contribution in [3.05, 3.63) is 40.4 Å². The Morgan fingerprint density at radius 1 is 1.36 bits per heavy atom. The summed E-state index contributed by atoms with van der Waals surface area (Å²) < 4.78 is 0. The molecule has 1 aromatic heterocycles. The number of nitrogens with zero attached hydrogens (tertiary/aromatic N) is 2. The summed E-state index contributed by atoms with van der Waals surface area (Å²) in [5.74, 6) is 0.0865. The van der Waals surface area contributed by atoms with Crippen molar-refractivity contribution in [3.8, 4) is 0 Å². The maximum Gasteiger partial charge on any atom is 0.230 e. The molecule has 2 N–H and O–H groups in total. The molecule has 0 bridgehead atoms. The zero-order chi connectivity index (χ0) is 15.4. The number of nitrogens with one attached hydrogen (secondary N) is 2. The van der Waals surface area contributed by atoms with Gasteiger partial charge in [0.2, 0.25) is 11.0 Å². The normalized spacial score (nSPS) is 18.1. The highest BCUT2D eigenvalue weighted by atomic mass is 32.1. The Kier molecular flexibility index (Phi) is 4.80. The van der Waals surface area contributed by atoms with Crippen molar-refractivity contribution < 1.29 is 4.79 Å². The minimum absolute atomic E-state index is 0.0400. The van der Waals surface area contributed by atoms with E-state index >= 15 is 0 Å². The Labute approximate surface area is 134 Å². The van der Waals surface area contributed by atoms with Crippen LogP contribution in [0.25, 0.3) is 0 Å². The van der Waals surface area contributed by atoms with Crippen molar-refractivity contribution in [2.24, 2.45) is 5.92 Å². The van der Waals surface area contributed by atoms with Gasteiger partial charge in [-0.2, -0.15) is 0 Å². The Hall–Kier alpha value is -1.79. The predicted molar refractivity (Wildman–Crippen MR) is 88.1 cm³/mol. The topological polar surface area (TPSA) is 66.9 Å². The first-order valence-corrected chi connectivity index (χ1v) is 8.42. The number of carbonyl (C=O) groups excluding carboxylic acids is 1. The van der Waals surface area contributed by atoms with Crippen LogP contribution in [0.15, 0.2) is 24.3 Å². The average molecular weight is 316 g/mol. The summed E-state index contributed by atoms with van der Waals surface area (Å²) in [5.41, 5.74) is 2.45. The van der Waals surface area contributed by atoms with Gasteiger partial charge in [-0.15, -0.1) is 10.2 Å². The van der Waals surface area contributed by atoms with Crippen molar-refractivity contribution in [2.75, 3.05) is 18.4 Å². The van der Waals surface area contributed by atoms with E-state index in [0.29, 0.717) is 5.13 Å². The third kappa shape index (κ3) is 3.90. The zero-order valence-electron chi connectivity index (χ0n) is 12.6. The fraction of sp³-hybridized carbons (Fsp3) is 0.438. The van der Waals surface area contributed by atoms with Crippen LogP contribution in [-0.4, -0.2) is 29.2 Å². The molecule has 5 nitrogen and oxygen atoms in total. The van der Waals surface area contributed by atoms with Gasteiger partial charge < -0.3 is 10.6 Å². The number of anilines is 1. The van der Waals surface area contributed by atoms with Gasteiger partial charge in [-0.25, -0.2) is 0 Å². The third-order valence-electron chi connectivity index (χ3n) is 3.84. The molecule has 6 heteroatoms. The molecule has 1 aromatic carbocycles. The number of rotatable bonds is 4. The standard InChI is InChI=1S/C16H20N4OS/c1-11-4-6-12(7-5-11)9-14-19-20-16(22-14)18-15(21)13-3-2-8-17-10-13/h4-7,13,17H,2-3,8-10H2,1H3,(H,18,20,21). The largest absolute Gasteiger partial charge is 0.316 e. The lowest BCUT2D eigenvalue weighted by Gasteiger charge is -2.21. The molecule has 2 heterocycles. The van der Waals surface area contributed by atoms with Crippen molar-refractivity contribution in [3.63, 3.8) is 0 Å². The molecular weight excluding hydrogens is 296 g/mol. The lowest BCUT2D eigenvalue weighted by atomic mass is 9.99. The Morgan fingerprint density at radius 3 is 2.91 bits per heavy atom. The predicted octanol–water partition coefficient (Wildman–Crippen LogP) is 2.38. The van der Waals surface area contributed by atoms with Gasteiger partial charge in [0.1, 0.15) is 5.01 Å². The summed E-state index contributed by atoms with van der Waals surface area (Å²) in [6.07, 6.45) is 2.74. The second-order valence-electron chi connectivity index (χ2n) is 5.70. The van der Waals surface area contributed by atoms with Crippen LogP contribution in [0.4, 0.5) is 5.13 Å². The van der Waals surface area contributed by atoms with Crippen LogP contribution in [0.2, 0.25) is 0 Å². The highest BCUT2D eigenvalue weighted by molar-refractivity contribution is 7.15. The molecule has 3 rings (SSSR count). The van der Waals surface area contributed by atoms with E-state index in [1.54, 1.807) is 0 Å². The Morgan fingerprint density at radius 2 is 2.18 bits per heavy atom. The fourth-order valence-corrected chi connectivity index (χ4v) is 3.32. The molecule has 1 fully saturated rings. The summed E-state index contributed by atoms with van der Waals surface area (Å²) in [5, 5.41) is 15.9. The number of benzene rings is 1. The highest BCUT2D eigenvalue weighted by Crippen LogP contribution is 2.20. The maximum atomic E-state index is 12.2. The lowest BCUT2D eigenvalue weighted by molar-refractivity contribution is -0.120. The van der Waals surface area contributed by atoms with Crippen LogP contribution >= 0.6 is 11.3 Å². The SMILES string of the molecule is Cc1ccc(Cc2nnc(NC(=O)C3CCCNC3)s2)cc1. The number of carbonyl (C=O) groups is 1. The van der Waals surface area contributed by atoms with Crippen LogP contribution in [0.5, 0.6) is 0 Å². The minimum Gasteiger partial charge on any atom is -0.316 e. The first kappa shape index (κ1) is 15.1. The van der Waals surface area contributed by atoms with Gasteiger partial charge in [-0.1, -0.05) is 41.2 Å². The number of amides is 1. The van der Waals surface area contributed by atoms with E-state index in [0.717, 1.165) is 37.4 Å². The van der Waals surface area contributed by atoms with E-state index in [4.69, 9.17) is 0 Å². The molecule has 2 aromatic rings. The van der Waals surface area contributed by atoms with Crippen molar-refractivity contribution >= 4 is 22.4 Å². The number of hydrogen-bond acceptors (Lipinski definition) is 5. The van der Waals surface area contributed by atoms with E-state index < -0.39 is 0 Å². The highest BCUT2D eigenvalue weighted by Gasteiger charge is 2.21. The van der Waals surface area contributed by atoms with Crippen molar-refractivity contribution in [1.82, 2.24) is 15.5 Å². The summed E-state index contributed by atoms with van der Waals surface area (Å²) in [6.45, 7) is 3.83. The van der Waals surface area contributed by atoms with Gasteiger partial charge in [0.05, 0.1) is 5.92 Å². The number of aromatic nitrogens is 2. The monoisotopic (exact) mass is 316 g/mol. The van der Waals surface area contributed by atoms with Crippen LogP contribution in [0, 0.1) is 12.8 Å². The molecule has 1 aliphatic rings. The molecule has 1 amide bonds. The van der Waals surface area contributed by atoms with Crippen LogP contribution in [0.3, 0.4) is 0 Å². The molecule has 0 radical (unpaired) electrons. The summed E-state index contributed by atoms with van der Waals surface area (Å²) in [7, 11) is 0. The second-order valence-corrected chi connectivity index (χ2v) is 6.76. The van der Waals surface area contributed by atoms with E-state index in [-0.39, 0.29) is 11.8 Å². The maximum absolute atomic E-state index is 12.2. The lowest BCUT2D eigenvalue weighted by Crippen LogP contribution is -2.37. The molecule has 1 aliphatic heterocycles. The van der Waals surface area contributed by atoms with E-state index in [1.807, 2.05) is 0 Å². The molecule has 116 valence electrons. The number of hydrogen-bond donors (Lipinski definition) is 2. The molecule has 0 aliphatic carbocycles. The van der Waals surface area contributed by atoms with Gasteiger partial charge in [0, 0.05) is 13.0 Å². The van der Waals surface area contributed by atoms with Gasteiger partial charge in [0.25, 0.3) is 0 Å². The molecular formula is C16H20N4OS. The minimum atomic E-state index is 0.0400. The first-order chi connectivity index (χ1) is 10.7. The summed E-state index contributed by atoms with van der Waals surface area (Å²) in [4.78, 5) is 12.2. The average Bonchev–Trinajstić information content (AvgIpc) is 2.97.